The highest BCUT2D eigenvalue weighted by molar-refractivity contribution is 7.26. The van der Waals surface area contributed by atoms with E-state index in [-0.39, 0.29) is 0 Å². The van der Waals surface area contributed by atoms with Gasteiger partial charge < -0.3 is 0 Å². The summed E-state index contributed by atoms with van der Waals surface area (Å²) in [6.07, 6.45) is 3.13. The van der Waals surface area contributed by atoms with Gasteiger partial charge in [-0.15, -0.1) is 22.7 Å². The van der Waals surface area contributed by atoms with Crippen LogP contribution in [0.2, 0.25) is 0 Å². The Balaban J connectivity index is 1.05. The highest BCUT2D eigenvalue weighted by atomic mass is 32.1. The second-order valence-electron chi connectivity index (χ2n) is 13.1. The fraction of sp³-hybridized carbons (Fsp3) is 0.122. The lowest BCUT2D eigenvalue weighted by Crippen LogP contribution is -1.82. The first kappa shape index (κ1) is 23.2. The highest BCUT2D eigenvalue weighted by Gasteiger charge is 2.26. The van der Waals surface area contributed by atoms with Crippen LogP contribution in [0.4, 0.5) is 0 Å². The van der Waals surface area contributed by atoms with Gasteiger partial charge in [-0.05, 0) is 148 Å². The number of benzene rings is 6. The van der Waals surface area contributed by atoms with Crippen LogP contribution in [0.25, 0.3) is 73.7 Å². The molecule has 0 unspecified atom stereocenters. The fourth-order valence-corrected chi connectivity index (χ4v) is 10.7. The van der Waals surface area contributed by atoms with Crippen molar-refractivity contribution in [1.82, 2.24) is 0 Å². The molecule has 43 heavy (non-hydrogen) atoms. The third-order valence-corrected chi connectivity index (χ3v) is 12.6. The maximum Gasteiger partial charge on any atom is 0.0361 e. The van der Waals surface area contributed by atoms with Gasteiger partial charge in [0, 0.05) is 40.3 Å². The zero-order valence-corrected chi connectivity index (χ0v) is 25.7. The van der Waals surface area contributed by atoms with Crippen LogP contribution in [0.15, 0.2) is 84.9 Å². The molecule has 6 aromatic carbocycles. The zero-order chi connectivity index (χ0) is 28.1. The highest BCUT2D eigenvalue weighted by Crippen LogP contribution is 2.49. The third-order valence-electron chi connectivity index (χ3n) is 10.4. The molecule has 0 spiro atoms. The van der Waals surface area contributed by atoms with Crippen molar-refractivity contribution >= 4 is 63.0 Å². The minimum atomic E-state index is 1.02. The molecule has 3 aliphatic carbocycles. The van der Waals surface area contributed by atoms with Crippen LogP contribution < -0.4 is 0 Å². The Morgan fingerprint density at radius 3 is 1.00 bits per heavy atom. The Kier molecular flexibility index (Phi) is 4.23. The molecule has 0 radical (unpaired) electrons. The maximum absolute atomic E-state index is 2.51. The molecule has 3 aliphatic rings. The van der Waals surface area contributed by atoms with E-state index >= 15 is 0 Å². The van der Waals surface area contributed by atoms with E-state index in [9.17, 15) is 0 Å². The lowest BCUT2D eigenvalue weighted by atomic mass is 9.99. The van der Waals surface area contributed by atoms with Gasteiger partial charge in [0.25, 0.3) is 0 Å². The van der Waals surface area contributed by atoms with Gasteiger partial charge >= 0.3 is 0 Å². The average Bonchev–Trinajstić information content (AvgIpc) is 3.78. The Bertz CT molecular complexity index is 2420. The molecule has 0 aliphatic heterocycles. The van der Waals surface area contributed by atoms with Crippen molar-refractivity contribution in [2.75, 3.05) is 0 Å². The average molecular weight is 583 g/mol. The molecule has 8 aromatic rings. The van der Waals surface area contributed by atoms with E-state index < -0.39 is 0 Å². The molecule has 2 heterocycles. The minimum absolute atomic E-state index is 1.02. The molecule has 0 bridgehead atoms. The van der Waals surface area contributed by atoms with Crippen molar-refractivity contribution in [3.63, 3.8) is 0 Å². The first-order chi connectivity index (χ1) is 21.0. The van der Waals surface area contributed by atoms with Gasteiger partial charge in [-0.2, -0.15) is 0 Å². The van der Waals surface area contributed by atoms with E-state index in [4.69, 9.17) is 0 Å². The van der Waals surface area contributed by atoms with Gasteiger partial charge in [0.2, 0.25) is 0 Å². The summed E-state index contributed by atoms with van der Waals surface area (Å²) < 4.78 is 5.65. The number of hydrogen-bond acceptors (Lipinski definition) is 2. The Morgan fingerprint density at radius 1 is 0.349 bits per heavy atom. The molecule has 11 rings (SSSR count). The molecular weight excluding hydrogens is 557 g/mol. The van der Waals surface area contributed by atoms with E-state index in [2.05, 4.69) is 98.8 Å². The Morgan fingerprint density at radius 2 is 0.651 bits per heavy atom. The van der Waals surface area contributed by atoms with E-state index in [1.165, 1.54) is 118 Å². The molecule has 0 atom stereocenters. The number of hydrogen-bond donors (Lipinski definition) is 0. The normalized spacial score (nSPS) is 14.0. The summed E-state index contributed by atoms with van der Waals surface area (Å²) in [7, 11) is 0. The molecule has 0 fully saturated rings. The maximum atomic E-state index is 2.51. The van der Waals surface area contributed by atoms with E-state index in [1.807, 2.05) is 22.7 Å². The molecular formula is C41H26S2. The summed E-state index contributed by atoms with van der Waals surface area (Å²) in [4.78, 5) is 0. The van der Waals surface area contributed by atoms with Crippen LogP contribution in [-0.4, -0.2) is 0 Å². The predicted octanol–water partition coefficient (Wildman–Crippen LogP) is 11.8. The monoisotopic (exact) mass is 582 g/mol. The second-order valence-corrected chi connectivity index (χ2v) is 15.2. The topological polar surface area (TPSA) is 0 Å². The number of thiophene rings is 2. The van der Waals surface area contributed by atoms with Crippen molar-refractivity contribution in [2.45, 2.75) is 33.1 Å². The van der Waals surface area contributed by atoms with Crippen LogP contribution in [0.5, 0.6) is 0 Å². The molecule has 0 saturated carbocycles. The van der Waals surface area contributed by atoms with Crippen LogP contribution in [-0.2, 0) is 19.3 Å². The van der Waals surface area contributed by atoms with Crippen molar-refractivity contribution in [1.29, 1.82) is 0 Å². The minimum Gasteiger partial charge on any atom is -0.135 e. The van der Waals surface area contributed by atoms with Crippen LogP contribution in [0, 0.1) is 13.8 Å². The van der Waals surface area contributed by atoms with Crippen molar-refractivity contribution < 1.29 is 0 Å². The van der Waals surface area contributed by atoms with Gasteiger partial charge in [0.05, 0.1) is 0 Å². The summed E-state index contributed by atoms with van der Waals surface area (Å²) in [6, 6.07) is 33.8. The summed E-state index contributed by atoms with van der Waals surface area (Å²) >= 11 is 3.93. The molecule has 0 saturated heterocycles. The third kappa shape index (κ3) is 3.05. The second kappa shape index (κ2) is 7.82. The van der Waals surface area contributed by atoms with Crippen molar-refractivity contribution in [3.8, 4) is 33.4 Å². The number of fused-ring (bicyclic) bond motifs is 15. The number of rotatable bonds is 0. The van der Waals surface area contributed by atoms with Gasteiger partial charge in [0.15, 0.2) is 0 Å². The van der Waals surface area contributed by atoms with Crippen LogP contribution in [0.1, 0.15) is 44.5 Å². The number of aryl methyl sites for hydroxylation is 2. The molecule has 0 nitrogen and oxygen atoms in total. The summed E-state index contributed by atoms with van der Waals surface area (Å²) in [5, 5.41) is 5.72. The van der Waals surface area contributed by atoms with Crippen molar-refractivity contribution in [2.24, 2.45) is 0 Å². The molecule has 0 amide bonds. The van der Waals surface area contributed by atoms with Crippen molar-refractivity contribution in [3.05, 3.63) is 129 Å². The van der Waals surface area contributed by atoms with E-state index in [1.54, 1.807) is 0 Å². The predicted molar refractivity (Wildman–Crippen MR) is 186 cm³/mol. The van der Waals surface area contributed by atoms with Gasteiger partial charge in [-0.3, -0.25) is 0 Å². The largest absolute Gasteiger partial charge is 0.135 e. The first-order valence-electron chi connectivity index (χ1n) is 15.3. The quantitative estimate of drug-likeness (QED) is 0.167. The first-order valence-corrected chi connectivity index (χ1v) is 16.9. The lowest BCUT2D eigenvalue weighted by Gasteiger charge is -2.04. The fourth-order valence-electron chi connectivity index (χ4n) is 8.38. The van der Waals surface area contributed by atoms with Crippen LogP contribution in [0.3, 0.4) is 0 Å². The van der Waals surface area contributed by atoms with Gasteiger partial charge in [0.1, 0.15) is 0 Å². The molecule has 2 heteroatoms. The summed E-state index contributed by atoms with van der Waals surface area (Å²) in [6.45, 7) is 4.40. The molecule has 202 valence electrons. The van der Waals surface area contributed by atoms with E-state index in [0.29, 0.717) is 0 Å². The Labute approximate surface area is 257 Å². The smallest absolute Gasteiger partial charge is 0.0361 e. The van der Waals surface area contributed by atoms with E-state index in [0.717, 1.165) is 19.3 Å². The SMILES string of the molecule is Cc1ccc2c(c1)Cc1cc3c(cc1-2)sc1cc2c(cc13)Cc1cc3c(cc1-2)sc1cc2c(cc13)Cc1cc(C)ccc1-2. The standard InChI is InChI=1S/C41H26S2/c1-20-3-5-28-22(7-20)9-24-12-34-36-14-26-11-27-15-37-35-13-25-10-23-8-21(2)4-6-29(23)31(25)17-39(35)43-41(37)19-33(27)32(26)18-40(36)42-38(34)16-30(24)28/h3-8,12-19H,9-11H2,1-2H3. The zero-order valence-electron chi connectivity index (χ0n) is 24.0. The lowest BCUT2D eigenvalue weighted by molar-refractivity contribution is 1.25. The van der Waals surface area contributed by atoms with Crippen LogP contribution >= 0.6 is 22.7 Å². The Hall–Kier alpha value is -4.24. The van der Waals surface area contributed by atoms with Gasteiger partial charge in [-0.25, -0.2) is 0 Å². The van der Waals surface area contributed by atoms with Gasteiger partial charge in [-0.1, -0.05) is 47.5 Å². The molecule has 0 N–H and O–H groups in total. The summed E-state index contributed by atoms with van der Waals surface area (Å²) in [5.41, 5.74) is 20.2. The summed E-state index contributed by atoms with van der Waals surface area (Å²) in [5.74, 6) is 0. The molecule has 2 aromatic heterocycles.